The first-order valence-corrected chi connectivity index (χ1v) is 8.49. The molecule has 4 heteroatoms. The molecule has 4 rings (SSSR count). The first-order valence-electron chi connectivity index (χ1n) is 8.49. The number of hydrogen-bond acceptors (Lipinski definition) is 3. The summed E-state index contributed by atoms with van der Waals surface area (Å²) >= 11 is 0. The molecule has 2 aromatic rings. The van der Waals surface area contributed by atoms with Gasteiger partial charge in [-0.25, -0.2) is 0 Å². The molecular formula is C19H23NO3. The van der Waals surface area contributed by atoms with Gasteiger partial charge in [0, 0.05) is 24.0 Å². The standard InChI is InChI=1S/C19H23NO3/c1-12-3-4-15-13(2)17(23-16(15)11-12)18(21)20-9-5-14(6-10-20)19(22)7-8-19/h3-4,11,14,22H,5-10H2,1-2H3. The smallest absolute Gasteiger partial charge is 0.289 e. The van der Waals surface area contributed by atoms with Gasteiger partial charge in [-0.1, -0.05) is 12.1 Å². The van der Waals surface area contributed by atoms with E-state index in [9.17, 15) is 9.90 Å². The monoisotopic (exact) mass is 313 g/mol. The fourth-order valence-corrected chi connectivity index (χ4v) is 3.84. The number of piperidine rings is 1. The summed E-state index contributed by atoms with van der Waals surface area (Å²) in [5.74, 6) is 0.803. The molecular weight excluding hydrogens is 290 g/mol. The van der Waals surface area contributed by atoms with Crippen LogP contribution in [0.25, 0.3) is 11.0 Å². The van der Waals surface area contributed by atoms with Crippen LogP contribution in [0, 0.1) is 19.8 Å². The van der Waals surface area contributed by atoms with Crippen molar-refractivity contribution in [3.8, 4) is 0 Å². The molecule has 122 valence electrons. The number of amides is 1. The van der Waals surface area contributed by atoms with Gasteiger partial charge in [0.2, 0.25) is 0 Å². The molecule has 1 amide bonds. The van der Waals surface area contributed by atoms with Crippen LogP contribution in [0.1, 0.15) is 47.4 Å². The molecule has 1 aliphatic heterocycles. The van der Waals surface area contributed by atoms with Gasteiger partial charge in [-0.15, -0.1) is 0 Å². The van der Waals surface area contributed by atoms with Crippen molar-refractivity contribution in [1.82, 2.24) is 4.90 Å². The normalized spacial score (nSPS) is 20.9. The van der Waals surface area contributed by atoms with E-state index in [1.807, 2.05) is 36.9 Å². The summed E-state index contributed by atoms with van der Waals surface area (Å²) in [5, 5.41) is 11.3. The van der Waals surface area contributed by atoms with Crippen molar-refractivity contribution in [3.05, 3.63) is 35.1 Å². The second-order valence-corrected chi connectivity index (χ2v) is 7.23. The van der Waals surface area contributed by atoms with E-state index in [2.05, 4.69) is 0 Å². The van der Waals surface area contributed by atoms with E-state index < -0.39 is 5.60 Å². The maximum absolute atomic E-state index is 12.8. The average Bonchev–Trinajstić information content (AvgIpc) is 3.22. The molecule has 0 unspecified atom stereocenters. The predicted octanol–water partition coefficient (Wildman–Crippen LogP) is 3.43. The van der Waals surface area contributed by atoms with Gasteiger partial charge >= 0.3 is 0 Å². The highest BCUT2D eigenvalue weighted by Gasteiger charge is 2.48. The first-order chi connectivity index (χ1) is 11.0. The van der Waals surface area contributed by atoms with Crippen molar-refractivity contribution in [1.29, 1.82) is 0 Å². The van der Waals surface area contributed by atoms with E-state index in [1.54, 1.807) is 0 Å². The molecule has 1 N–H and O–H groups in total. The van der Waals surface area contributed by atoms with Gasteiger partial charge in [0.05, 0.1) is 5.60 Å². The van der Waals surface area contributed by atoms with Crippen LogP contribution in [0.4, 0.5) is 0 Å². The van der Waals surface area contributed by atoms with Crippen LogP contribution in [0.2, 0.25) is 0 Å². The van der Waals surface area contributed by atoms with Crippen LogP contribution >= 0.6 is 0 Å². The molecule has 1 saturated heterocycles. The molecule has 4 nitrogen and oxygen atoms in total. The van der Waals surface area contributed by atoms with Crippen LogP contribution < -0.4 is 0 Å². The number of likely N-dealkylation sites (tertiary alicyclic amines) is 1. The van der Waals surface area contributed by atoms with Gasteiger partial charge in [-0.05, 0) is 57.1 Å². The lowest BCUT2D eigenvalue weighted by atomic mass is 9.89. The SMILES string of the molecule is Cc1ccc2c(C)c(C(=O)N3CCC(C4(O)CC4)CC3)oc2c1. The van der Waals surface area contributed by atoms with Crippen LogP contribution in [0.3, 0.4) is 0 Å². The van der Waals surface area contributed by atoms with E-state index in [1.165, 1.54) is 0 Å². The second kappa shape index (κ2) is 5.10. The van der Waals surface area contributed by atoms with E-state index in [0.717, 1.165) is 47.8 Å². The largest absolute Gasteiger partial charge is 0.451 e. The van der Waals surface area contributed by atoms with Crippen molar-refractivity contribution in [2.45, 2.75) is 45.1 Å². The molecule has 0 radical (unpaired) electrons. The second-order valence-electron chi connectivity index (χ2n) is 7.23. The number of rotatable bonds is 2. The lowest BCUT2D eigenvalue weighted by molar-refractivity contribution is 0.0327. The van der Waals surface area contributed by atoms with Gasteiger partial charge in [0.1, 0.15) is 5.58 Å². The Morgan fingerprint density at radius 2 is 1.96 bits per heavy atom. The third-order valence-electron chi connectivity index (χ3n) is 5.59. The molecule has 1 aromatic carbocycles. The summed E-state index contributed by atoms with van der Waals surface area (Å²) in [7, 11) is 0. The molecule has 23 heavy (non-hydrogen) atoms. The number of benzene rings is 1. The summed E-state index contributed by atoms with van der Waals surface area (Å²) in [5.41, 5.74) is 2.41. The van der Waals surface area contributed by atoms with Gasteiger partial charge in [0.25, 0.3) is 5.91 Å². The Morgan fingerprint density at radius 3 is 2.61 bits per heavy atom. The lowest BCUT2D eigenvalue weighted by Crippen LogP contribution is -2.41. The van der Waals surface area contributed by atoms with Gasteiger partial charge < -0.3 is 14.4 Å². The van der Waals surface area contributed by atoms with Gasteiger partial charge in [-0.2, -0.15) is 0 Å². The summed E-state index contributed by atoms with van der Waals surface area (Å²) < 4.78 is 5.86. The van der Waals surface area contributed by atoms with Crippen LogP contribution in [-0.4, -0.2) is 34.6 Å². The van der Waals surface area contributed by atoms with E-state index in [4.69, 9.17) is 4.42 Å². The summed E-state index contributed by atoms with van der Waals surface area (Å²) in [6, 6.07) is 6.05. The lowest BCUT2D eigenvalue weighted by Gasteiger charge is -2.34. The zero-order valence-corrected chi connectivity index (χ0v) is 13.8. The quantitative estimate of drug-likeness (QED) is 0.924. The van der Waals surface area contributed by atoms with Crippen molar-refractivity contribution < 1.29 is 14.3 Å². The van der Waals surface area contributed by atoms with E-state index in [0.29, 0.717) is 24.8 Å². The number of carbonyl (C=O) groups is 1. The van der Waals surface area contributed by atoms with Crippen molar-refractivity contribution in [2.75, 3.05) is 13.1 Å². The number of carbonyl (C=O) groups excluding carboxylic acids is 1. The Morgan fingerprint density at radius 1 is 1.26 bits per heavy atom. The number of hydrogen-bond donors (Lipinski definition) is 1. The third kappa shape index (κ3) is 2.45. The minimum atomic E-state index is -0.429. The fourth-order valence-electron chi connectivity index (χ4n) is 3.84. The number of aryl methyl sites for hydroxylation is 2. The van der Waals surface area contributed by atoms with Crippen molar-refractivity contribution in [2.24, 2.45) is 5.92 Å². The molecule has 1 aliphatic carbocycles. The maximum Gasteiger partial charge on any atom is 0.289 e. The van der Waals surface area contributed by atoms with Gasteiger partial charge in [-0.3, -0.25) is 4.79 Å². The highest BCUT2D eigenvalue weighted by atomic mass is 16.3. The zero-order chi connectivity index (χ0) is 16.2. The highest BCUT2D eigenvalue weighted by Crippen LogP contribution is 2.46. The maximum atomic E-state index is 12.8. The van der Waals surface area contributed by atoms with E-state index >= 15 is 0 Å². The average molecular weight is 313 g/mol. The number of aliphatic hydroxyl groups is 1. The third-order valence-corrected chi connectivity index (χ3v) is 5.59. The molecule has 2 fully saturated rings. The molecule has 0 spiro atoms. The minimum absolute atomic E-state index is 0.0161. The Bertz CT molecular complexity index is 764. The molecule has 0 atom stereocenters. The Balaban J connectivity index is 1.54. The van der Waals surface area contributed by atoms with Crippen LogP contribution in [0.5, 0.6) is 0 Å². The predicted molar refractivity (Wildman–Crippen MR) is 88.5 cm³/mol. The minimum Gasteiger partial charge on any atom is -0.451 e. The Kier molecular flexibility index (Phi) is 3.27. The molecule has 2 heterocycles. The highest BCUT2D eigenvalue weighted by molar-refractivity contribution is 5.99. The van der Waals surface area contributed by atoms with Crippen LogP contribution in [-0.2, 0) is 0 Å². The van der Waals surface area contributed by atoms with Crippen molar-refractivity contribution >= 4 is 16.9 Å². The topological polar surface area (TPSA) is 53.7 Å². The fraction of sp³-hybridized carbons (Fsp3) is 0.526. The Hall–Kier alpha value is -1.81. The van der Waals surface area contributed by atoms with Crippen molar-refractivity contribution in [3.63, 3.8) is 0 Å². The number of furan rings is 1. The zero-order valence-electron chi connectivity index (χ0n) is 13.8. The van der Waals surface area contributed by atoms with Gasteiger partial charge in [0.15, 0.2) is 5.76 Å². The summed E-state index contributed by atoms with van der Waals surface area (Å²) in [4.78, 5) is 14.7. The van der Waals surface area contributed by atoms with Crippen LogP contribution in [0.15, 0.2) is 22.6 Å². The molecule has 2 aliphatic rings. The summed E-state index contributed by atoms with van der Waals surface area (Å²) in [6.45, 7) is 5.39. The number of nitrogens with zero attached hydrogens (tertiary/aromatic N) is 1. The molecule has 1 saturated carbocycles. The first kappa shape index (κ1) is 14.8. The molecule has 1 aromatic heterocycles. The summed E-state index contributed by atoms with van der Waals surface area (Å²) in [6.07, 6.45) is 3.63. The molecule has 0 bridgehead atoms. The Labute approximate surface area is 136 Å². The number of fused-ring (bicyclic) bond motifs is 1. The van der Waals surface area contributed by atoms with E-state index in [-0.39, 0.29) is 5.91 Å².